The van der Waals surface area contributed by atoms with E-state index >= 15 is 0 Å². The Morgan fingerprint density at radius 1 is 1.35 bits per heavy atom. The van der Waals surface area contributed by atoms with E-state index in [0.29, 0.717) is 24.5 Å². The molecule has 5 nitrogen and oxygen atoms in total. The van der Waals surface area contributed by atoms with Gasteiger partial charge in [0.1, 0.15) is 0 Å². The minimum absolute atomic E-state index is 0.130. The average Bonchev–Trinajstić information content (AvgIpc) is 2.89. The van der Waals surface area contributed by atoms with Crippen LogP contribution in [-0.4, -0.2) is 34.4 Å². The zero-order chi connectivity index (χ0) is 14.4. The standard InChI is InChI=1S/C14H18N4OS/c1-18(9-6-11-4-7-16-8-5-11)13(19)3-2-12-10-20-14(15)17-12/h4-5,7-8,10H,2-3,6,9H2,1H3,(H2,15,17). The van der Waals surface area contributed by atoms with Crippen LogP contribution in [0, 0.1) is 0 Å². The summed E-state index contributed by atoms with van der Waals surface area (Å²) in [7, 11) is 1.83. The molecule has 2 heterocycles. The third kappa shape index (κ3) is 4.31. The number of nitrogens with zero attached hydrogens (tertiary/aromatic N) is 3. The highest BCUT2D eigenvalue weighted by Crippen LogP contribution is 2.13. The number of aryl methyl sites for hydroxylation is 1. The van der Waals surface area contributed by atoms with Crippen molar-refractivity contribution in [2.24, 2.45) is 0 Å². The molecular formula is C14H18N4OS. The Bertz CT molecular complexity index is 555. The zero-order valence-electron chi connectivity index (χ0n) is 11.5. The van der Waals surface area contributed by atoms with Crippen molar-refractivity contribution in [3.8, 4) is 0 Å². The van der Waals surface area contributed by atoms with E-state index in [9.17, 15) is 4.79 Å². The minimum atomic E-state index is 0.130. The molecule has 0 unspecified atom stereocenters. The lowest BCUT2D eigenvalue weighted by atomic mass is 10.2. The molecular weight excluding hydrogens is 272 g/mol. The fraction of sp³-hybridized carbons (Fsp3) is 0.357. The van der Waals surface area contributed by atoms with Crippen LogP contribution >= 0.6 is 11.3 Å². The Morgan fingerprint density at radius 3 is 2.75 bits per heavy atom. The molecule has 0 radical (unpaired) electrons. The number of rotatable bonds is 6. The highest BCUT2D eigenvalue weighted by atomic mass is 32.1. The second-order valence-corrected chi connectivity index (χ2v) is 5.49. The van der Waals surface area contributed by atoms with Crippen molar-refractivity contribution < 1.29 is 4.79 Å². The van der Waals surface area contributed by atoms with Crippen molar-refractivity contribution in [2.75, 3.05) is 19.3 Å². The van der Waals surface area contributed by atoms with Gasteiger partial charge in [-0.05, 0) is 30.5 Å². The third-order valence-electron chi connectivity index (χ3n) is 3.08. The molecule has 0 atom stereocenters. The maximum Gasteiger partial charge on any atom is 0.222 e. The number of hydrogen-bond donors (Lipinski definition) is 1. The predicted molar refractivity (Wildman–Crippen MR) is 80.4 cm³/mol. The van der Waals surface area contributed by atoms with Gasteiger partial charge < -0.3 is 10.6 Å². The van der Waals surface area contributed by atoms with Crippen molar-refractivity contribution in [1.29, 1.82) is 0 Å². The van der Waals surface area contributed by atoms with Crippen LogP contribution in [-0.2, 0) is 17.6 Å². The number of aromatic nitrogens is 2. The van der Waals surface area contributed by atoms with Crippen LogP contribution in [0.25, 0.3) is 0 Å². The summed E-state index contributed by atoms with van der Waals surface area (Å²) in [6.07, 6.45) is 5.49. The van der Waals surface area contributed by atoms with E-state index in [1.807, 2.05) is 24.6 Å². The number of hydrogen-bond acceptors (Lipinski definition) is 5. The summed E-state index contributed by atoms with van der Waals surface area (Å²) in [5.74, 6) is 0.130. The summed E-state index contributed by atoms with van der Waals surface area (Å²) in [5, 5.41) is 2.46. The summed E-state index contributed by atoms with van der Waals surface area (Å²) < 4.78 is 0. The van der Waals surface area contributed by atoms with Crippen LogP contribution in [0.5, 0.6) is 0 Å². The largest absolute Gasteiger partial charge is 0.375 e. The highest BCUT2D eigenvalue weighted by molar-refractivity contribution is 7.13. The molecule has 2 aromatic heterocycles. The van der Waals surface area contributed by atoms with Crippen LogP contribution in [0.15, 0.2) is 29.9 Å². The Morgan fingerprint density at radius 2 is 2.10 bits per heavy atom. The van der Waals surface area contributed by atoms with Crippen molar-refractivity contribution in [2.45, 2.75) is 19.3 Å². The first-order chi connectivity index (χ1) is 9.65. The average molecular weight is 290 g/mol. The molecule has 0 aliphatic rings. The van der Waals surface area contributed by atoms with Gasteiger partial charge in [-0.2, -0.15) is 0 Å². The Balaban J connectivity index is 1.74. The van der Waals surface area contributed by atoms with Crippen molar-refractivity contribution in [3.05, 3.63) is 41.2 Å². The van der Waals surface area contributed by atoms with Gasteiger partial charge in [0.15, 0.2) is 5.13 Å². The van der Waals surface area contributed by atoms with E-state index in [-0.39, 0.29) is 5.91 Å². The fourth-order valence-electron chi connectivity index (χ4n) is 1.83. The number of likely N-dealkylation sites (N-methyl/N-ethyl adjacent to an activating group) is 1. The number of thiazole rings is 1. The molecule has 0 aliphatic heterocycles. The van der Waals surface area contributed by atoms with Gasteiger partial charge in [-0.15, -0.1) is 11.3 Å². The fourth-order valence-corrected chi connectivity index (χ4v) is 2.43. The first kappa shape index (κ1) is 14.5. The molecule has 0 spiro atoms. The molecule has 20 heavy (non-hydrogen) atoms. The number of carbonyl (C=O) groups is 1. The highest BCUT2D eigenvalue weighted by Gasteiger charge is 2.10. The Hall–Kier alpha value is -1.95. The van der Waals surface area contributed by atoms with Gasteiger partial charge in [-0.1, -0.05) is 0 Å². The summed E-state index contributed by atoms with van der Waals surface area (Å²) in [6.45, 7) is 0.710. The molecule has 0 saturated heterocycles. The quantitative estimate of drug-likeness (QED) is 0.880. The van der Waals surface area contributed by atoms with Gasteiger partial charge >= 0.3 is 0 Å². The van der Waals surface area contributed by atoms with E-state index in [2.05, 4.69) is 9.97 Å². The second kappa shape index (κ2) is 7.00. The lowest BCUT2D eigenvalue weighted by Gasteiger charge is -2.16. The summed E-state index contributed by atoms with van der Waals surface area (Å²) in [6, 6.07) is 3.94. The topological polar surface area (TPSA) is 72.1 Å². The number of amides is 1. The molecule has 0 bridgehead atoms. The summed E-state index contributed by atoms with van der Waals surface area (Å²) >= 11 is 1.41. The number of nitrogens with two attached hydrogens (primary N) is 1. The van der Waals surface area contributed by atoms with Crippen molar-refractivity contribution >= 4 is 22.4 Å². The maximum absolute atomic E-state index is 12.0. The normalized spacial score (nSPS) is 10.4. The third-order valence-corrected chi connectivity index (χ3v) is 3.80. The van der Waals surface area contributed by atoms with Gasteiger partial charge in [0.05, 0.1) is 5.69 Å². The molecule has 0 aromatic carbocycles. The SMILES string of the molecule is CN(CCc1ccncc1)C(=O)CCc1csc(N)n1. The lowest BCUT2D eigenvalue weighted by Crippen LogP contribution is -2.29. The van der Waals surface area contributed by atoms with Gasteiger partial charge in [0.2, 0.25) is 5.91 Å². The summed E-state index contributed by atoms with van der Waals surface area (Å²) in [4.78, 5) is 21.9. The number of nitrogen functional groups attached to an aromatic ring is 1. The molecule has 0 aliphatic carbocycles. The lowest BCUT2D eigenvalue weighted by molar-refractivity contribution is -0.129. The van der Waals surface area contributed by atoms with Crippen LogP contribution < -0.4 is 5.73 Å². The molecule has 1 amide bonds. The molecule has 106 valence electrons. The molecule has 2 rings (SSSR count). The Labute approximate surface area is 122 Å². The van der Waals surface area contributed by atoms with E-state index in [4.69, 9.17) is 5.73 Å². The van der Waals surface area contributed by atoms with E-state index in [1.54, 1.807) is 17.3 Å². The van der Waals surface area contributed by atoms with Gasteiger partial charge in [-0.3, -0.25) is 9.78 Å². The molecule has 6 heteroatoms. The van der Waals surface area contributed by atoms with Gasteiger partial charge in [-0.25, -0.2) is 4.98 Å². The van der Waals surface area contributed by atoms with Gasteiger partial charge in [0.25, 0.3) is 0 Å². The molecule has 0 fully saturated rings. The zero-order valence-corrected chi connectivity index (χ0v) is 12.3. The molecule has 2 N–H and O–H groups in total. The molecule has 0 saturated carbocycles. The van der Waals surface area contributed by atoms with E-state index in [0.717, 1.165) is 12.1 Å². The van der Waals surface area contributed by atoms with Gasteiger partial charge in [0, 0.05) is 37.8 Å². The number of carbonyl (C=O) groups excluding carboxylic acids is 1. The number of pyridine rings is 1. The Kier molecular flexibility index (Phi) is 5.06. The minimum Gasteiger partial charge on any atom is -0.375 e. The smallest absolute Gasteiger partial charge is 0.222 e. The van der Waals surface area contributed by atoms with Crippen LogP contribution in [0.2, 0.25) is 0 Å². The second-order valence-electron chi connectivity index (χ2n) is 4.60. The van der Waals surface area contributed by atoms with Crippen LogP contribution in [0.3, 0.4) is 0 Å². The van der Waals surface area contributed by atoms with Crippen molar-refractivity contribution in [1.82, 2.24) is 14.9 Å². The predicted octanol–water partition coefficient (Wildman–Crippen LogP) is 1.75. The molecule has 2 aromatic rings. The first-order valence-electron chi connectivity index (χ1n) is 6.48. The van der Waals surface area contributed by atoms with Crippen molar-refractivity contribution in [3.63, 3.8) is 0 Å². The maximum atomic E-state index is 12.0. The number of anilines is 1. The van der Waals surface area contributed by atoms with Crippen LogP contribution in [0.4, 0.5) is 5.13 Å². The van der Waals surface area contributed by atoms with Crippen LogP contribution in [0.1, 0.15) is 17.7 Å². The monoisotopic (exact) mass is 290 g/mol. The summed E-state index contributed by atoms with van der Waals surface area (Å²) in [5.41, 5.74) is 7.64. The van der Waals surface area contributed by atoms with E-state index in [1.165, 1.54) is 16.9 Å². The first-order valence-corrected chi connectivity index (χ1v) is 7.36. The van der Waals surface area contributed by atoms with E-state index < -0.39 is 0 Å².